The van der Waals surface area contributed by atoms with E-state index in [0.717, 1.165) is 37.7 Å². The average Bonchev–Trinajstić information content (AvgIpc) is 2.46. The van der Waals surface area contributed by atoms with E-state index in [4.69, 9.17) is 14.2 Å². The largest absolute Gasteiger partial charge is 0.493 e. The number of hydrogen-bond acceptors (Lipinski definition) is 5. The van der Waals surface area contributed by atoms with E-state index in [0.29, 0.717) is 6.61 Å². The van der Waals surface area contributed by atoms with Crippen molar-refractivity contribution in [3.8, 4) is 11.5 Å². The zero-order chi connectivity index (χ0) is 14.4. The van der Waals surface area contributed by atoms with E-state index in [1.165, 1.54) is 5.56 Å². The molecule has 0 aliphatic carbocycles. The van der Waals surface area contributed by atoms with Crippen molar-refractivity contribution in [1.29, 1.82) is 0 Å². The molecule has 0 saturated carbocycles. The second-order valence-electron chi connectivity index (χ2n) is 5.08. The highest BCUT2D eigenvalue weighted by atomic mass is 16.5. The van der Waals surface area contributed by atoms with Crippen molar-refractivity contribution in [3.63, 3.8) is 0 Å². The van der Waals surface area contributed by atoms with E-state index in [9.17, 15) is 0 Å². The van der Waals surface area contributed by atoms with Crippen LogP contribution in [0.2, 0.25) is 0 Å². The molecule has 0 aromatic heterocycles. The van der Waals surface area contributed by atoms with Gasteiger partial charge in [0.25, 0.3) is 0 Å². The Bertz CT molecular complexity index is 426. The van der Waals surface area contributed by atoms with Crippen LogP contribution in [-0.2, 0) is 11.3 Å². The number of nitrogens with one attached hydrogen (secondary N) is 1. The molecule has 2 rings (SSSR count). The molecule has 1 atom stereocenters. The van der Waals surface area contributed by atoms with Crippen LogP contribution in [0.15, 0.2) is 18.2 Å². The van der Waals surface area contributed by atoms with Crippen LogP contribution in [-0.4, -0.2) is 58.5 Å². The van der Waals surface area contributed by atoms with Crippen LogP contribution in [0, 0.1) is 0 Å². The van der Waals surface area contributed by atoms with Crippen molar-refractivity contribution in [3.05, 3.63) is 23.8 Å². The van der Waals surface area contributed by atoms with Crippen molar-refractivity contribution in [1.82, 2.24) is 10.2 Å². The number of likely N-dealkylation sites (N-methyl/N-ethyl adjacent to an activating group) is 1. The maximum atomic E-state index is 5.85. The van der Waals surface area contributed by atoms with Crippen LogP contribution < -0.4 is 14.8 Å². The number of benzene rings is 1. The van der Waals surface area contributed by atoms with E-state index in [1.807, 2.05) is 25.2 Å². The Kier molecular flexibility index (Phi) is 5.64. The smallest absolute Gasteiger partial charge is 0.161 e. The molecular formula is C15H24N2O3. The topological polar surface area (TPSA) is 43.0 Å². The van der Waals surface area contributed by atoms with Crippen molar-refractivity contribution in [2.24, 2.45) is 0 Å². The van der Waals surface area contributed by atoms with Crippen LogP contribution >= 0.6 is 0 Å². The first-order valence-corrected chi connectivity index (χ1v) is 6.97. The van der Waals surface area contributed by atoms with Crippen molar-refractivity contribution >= 4 is 0 Å². The number of hydrogen-bond donors (Lipinski definition) is 1. The normalized spacial score (nSPS) is 19.9. The van der Waals surface area contributed by atoms with Gasteiger partial charge >= 0.3 is 0 Å². The summed E-state index contributed by atoms with van der Waals surface area (Å²) in [5.41, 5.74) is 1.17. The molecule has 1 aromatic carbocycles. The van der Waals surface area contributed by atoms with Gasteiger partial charge in [0.05, 0.1) is 13.7 Å². The van der Waals surface area contributed by atoms with Gasteiger partial charge in [0, 0.05) is 19.6 Å². The number of methoxy groups -OCH3 is 1. The van der Waals surface area contributed by atoms with Crippen LogP contribution in [0.5, 0.6) is 11.5 Å². The highest BCUT2D eigenvalue weighted by Crippen LogP contribution is 2.28. The summed E-state index contributed by atoms with van der Waals surface area (Å²) in [7, 11) is 5.69. The third-order valence-corrected chi connectivity index (χ3v) is 3.38. The number of nitrogens with zero attached hydrogens (tertiary/aromatic N) is 1. The molecule has 20 heavy (non-hydrogen) atoms. The number of ether oxygens (including phenoxy) is 3. The Hall–Kier alpha value is -1.30. The molecule has 1 saturated heterocycles. The van der Waals surface area contributed by atoms with E-state index in [1.54, 1.807) is 7.11 Å². The summed E-state index contributed by atoms with van der Waals surface area (Å²) in [6.45, 7) is 4.01. The summed E-state index contributed by atoms with van der Waals surface area (Å²) >= 11 is 0. The predicted molar refractivity (Wildman–Crippen MR) is 78.5 cm³/mol. The fourth-order valence-electron chi connectivity index (χ4n) is 2.30. The Morgan fingerprint density at radius 2 is 2.25 bits per heavy atom. The maximum Gasteiger partial charge on any atom is 0.161 e. The molecule has 1 heterocycles. The van der Waals surface area contributed by atoms with Gasteiger partial charge in [-0.05, 0) is 31.8 Å². The van der Waals surface area contributed by atoms with Crippen molar-refractivity contribution < 1.29 is 14.2 Å². The Morgan fingerprint density at radius 1 is 1.40 bits per heavy atom. The lowest BCUT2D eigenvalue weighted by Crippen LogP contribution is -2.42. The van der Waals surface area contributed by atoms with Gasteiger partial charge < -0.3 is 24.4 Å². The fourth-order valence-corrected chi connectivity index (χ4v) is 2.30. The van der Waals surface area contributed by atoms with Crippen LogP contribution in [0.4, 0.5) is 0 Å². The molecule has 1 aliphatic heterocycles. The quantitative estimate of drug-likeness (QED) is 0.846. The molecule has 1 aromatic rings. The molecule has 112 valence electrons. The highest BCUT2D eigenvalue weighted by molar-refractivity contribution is 5.42. The second-order valence-corrected chi connectivity index (χ2v) is 5.08. The van der Waals surface area contributed by atoms with Crippen LogP contribution in [0.25, 0.3) is 0 Å². The van der Waals surface area contributed by atoms with Gasteiger partial charge in [0.15, 0.2) is 11.5 Å². The Balaban J connectivity index is 1.94. The minimum absolute atomic E-state index is 0.121. The zero-order valence-electron chi connectivity index (χ0n) is 12.5. The molecule has 1 fully saturated rings. The zero-order valence-corrected chi connectivity index (χ0v) is 12.5. The molecule has 1 unspecified atom stereocenters. The predicted octanol–water partition coefficient (Wildman–Crippen LogP) is 1.12. The summed E-state index contributed by atoms with van der Waals surface area (Å²) in [6.07, 6.45) is 0.121. The van der Waals surface area contributed by atoms with Gasteiger partial charge in [-0.2, -0.15) is 0 Å². The van der Waals surface area contributed by atoms with Gasteiger partial charge in [-0.15, -0.1) is 0 Å². The summed E-state index contributed by atoms with van der Waals surface area (Å²) < 4.78 is 16.9. The van der Waals surface area contributed by atoms with E-state index >= 15 is 0 Å². The molecule has 5 nitrogen and oxygen atoms in total. The van der Waals surface area contributed by atoms with Gasteiger partial charge in [-0.1, -0.05) is 6.07 Å². The summed E-state index contributed by atoms with van der Waals surface area (Å²) in [4.78, 5) is 2.25. The third-order valence-electron chi connectivity index (χ3n) is 3.38. The van der Waals surface area contributed by atoms with Crippen molar-refractivity contribution in [2.75, 3.05) is 47.5 Å². The summed E-state index contributed by atoms with van der Waals surface area (Å²) in [5.74, 6) is 1.53. The van der Waals surface area contributed by atoms with Crippen LogP contribution in [0.1, 0.15) is 5.56 Å². The summed E-state index contributed by atoms with van der Waals surface area (Å²) in [6, 6.07) is 6.00. The molecule has 0 radical (unpaired) electrons. The standard InChI is InChI=1S/C15H24N2O3/c1-16-9-12-4-5-14(15(8-12)18-3)20-11-13-10-17(2)6-7-19-13/h4-5,8,13,16H,6-7,9-11H2,1-3H3. The first kappa shape index (κ1) is 15.1. The van der Waals surface area contributed by atoms with Gasteiger partial charge in [-0.3, -0.25) is 0 Å². The number of rotatable bonds is 6. The van der Waals surface area contributed by atoms with Crippen LogP contribution in [0.3, 0.4) is 0 Å². The Labute approximate surface area is 120 Å². The molecule has 0 bridgehead atoms. The SMILES string of the molecule is CNCc1ccc(OCC2CN(C)CCO2)c(OC)c1. The molecule has 1 N–H and O–H groups in total. The van der Waals surface area contributed by atoms with E-state index < -0.39 is 0 Å². The van der Waals surface area contributed by atoms with Gasteiger partial charge in [0.1, 0.15) is 12.7 Å². The second kappa shape index (κ2) is 7.47. The first-order chi connectivity index (χ1) is 9.72. The fraction of sp³-hybridized carbons (Fsp3) is 0.600. The van der Waals surface area contributed by atoms with E-state index in [2.05, 4.69) is 17.3 Å². The van der Waals surface area contributed by atoms with Crippen molar-refractivity contribution in [2.45, 2.75) is 12.6 Å². The summed E-state index contributed by atoms with van der Waals surface area (Å²) in [5, 5.41) is 3.12. The minimum atomic E-state index is 0.121. The monoisotopic (exact) mass is 280 g/mol. The third kappa shape index (κ3) is 4.10. The average molecular weight is 280 g/mol. The maximum absolute atomic E-state index is 5.85. The first-order valence-electron chi connectivity index (χ1n) is 6.97. The molecule has 0 amide bonds. The minimum Gasteiger partial charge on any atom is -0.493 e. The van der Waals surface area contributed by atoms with E-state index in [-0.39, 0.29) is 6.10 Å². The molecule has 5 heteroatoms. The lowest BCUT2D eigenvalue weighted by molar-refractivity contribution is -0.0406. The van der Waals surface area contributed by atoms with Gasteiger partial charge in [-0.25, -0.2) is 0 Å². The highest BCUT2D eigenvalue weighted by Gasteiger charge is 2.19. The lowest BCUT2D eigenvalue weighted by atomic mass is 10.2. The van der Waals surface area contributed by atoms with Gasteiger partial charge in [0.2, 0.25) is 0 Å². The molecular weight excluding hydrogens is 256 g/mol. The Morgan fingerprint density at radius 3 is 2.95 bits per heavy atom. The number of morpholine rings is 1. The lowest BCUT2D eigenvalue weighted by Gasteiger charge is -2.30. The molecule has 0 spiro atoms. The molecule has 1 aliphatic rings.